The molecule has 26 heavy (non-hydrogen) atoms. The maximum atomic E-state index is 12.2. The van der Waals surface area contributed by atoms with Crippen LogP contribution in [0, 0.1) is 10.1 Å². The third kappa shape index (κ3) is 4.23. The highest BCUT2D eigenvalue weighted by atomic mass is 35.5. The van der Waals surface area contributed by atoms with E-state index in [4.69, 9.17) is 0 Å². The van der Waals surface area contributed by atoms with Gasteiger partial charge in [-0.1, -0.05) is 0 Å². The van der Waals surface area contributed by atoms with Gasteiger partial charge in [0.25, 0.3) is 11.6 Å². The minimum atomic E-state index is -0.473. The number of nitrogens with zero attached hydrogens (tertiary/aromatic N) is 2. The van der Waals surface area contributed by atoms with Gasteiger partial charge in [0.2, 0.25) is 0 Å². The highest BCUT2D eigenvalue weighted by molar-refractivity contribution is 7.10. The van der Waals surface area contributed by atoms with E-state index in [0.717, 1.165) is 13.0 Å². The van der Waals surface area contributed by atoms with Gasteiger partial charge in [0.05, 0.1) is 4.92 Å². The number of carbonyl (C=O) groups excluding carboxylic acids is 1. The van der Waals surface area contributed by atoms with Crippen LogP contribution in [0.5, 0.6) is 0 Å². The summed E-state index contributed by atoms with van der Waals surface area (Å²) in [6.45, 7) is 5.75. The van der Waals surface area contributed by atoms with Crippen molar-refractivity contribution in [2.75, 3.05) is 13.1 Å². The third-order valence-corrected chi connectivity index (χ3v) is 5.73. The van der Waals surface area contributed by atoms with Crippen molar-refractivity contribution < 1.29 is 9.72 Å². The number of hydrogen-bond acceptors (Lipinski definition) is 5. The number of fused-ring (bicyclic) bond motifs is 1. The number of nitro benzene ring substituents is 1. The predicted molar refractivity (Wildman–Crippen MR) is 105 cm³/mol. The molecule has 0 fully saturated rings. The van der Waals surface area contributed by atoms with Crippen LogP contribution in [-0.4, -0.2) is 34.9 Å². The van der Waals surface area contributed by atoms with Gasteiger partial charge in [-0.2, -0.15) is 0 Å². The quantitative estimate of drug-likeness (QED) is 0.616. The Balaban J connectivity index is 0.00000243. The zero-order chi connectivity index (χ0) is 18.0. The van der Waals surface area contributed by atoms with Gasteiger partial charge >= 0.3 is 0 Å². The lowest BCUT2D eigenvalue weighted by Gasteiger charge is -2.39. The van der Waals surface area contributed by atoms with Gasteiger partial charge in [0.15, 0.2) is 0 Å². The van der Waals surface area contributed by atoms with E-state index < -0.39 is 4.92 Å². The highest BCUT2D eigenvalue weighted by Gasteiger charge is 2.29. The Bertz CT molecular complexity index is 778. The van der Waals surface area contributed by atoms with Crippen molar-refractivity contribution in [2.24, 2.45) is 0 Å². The van der Waals surface area contributed by atoms with Crippen LogP contribution in [0.4, 0.5) is 5.69 Å². The molecule has 0 saturated heterocycles. The fourth-order valence-corrected chi connectivity index (χ4v) is 4.47. The van der Waals surface area contributed by atoms with Gasteiger partial charge in [0, 0.05) is 47.7 Å². The average Bonchev–Trinajstić information content (AvgIpc) is 3.06. The lowest BCUT2D eigenvalue weighted by Crippen LogP contribution is -2.44. The van der Waals surface area contributed by atoms with Crippen molar-refractivity contribution in [3.05, 3.63) is 61.8 Å². The number of halogens is 1. The number of nitro groups is 1. The summed E-state index contributed by atoms with van der Waals surface area (Å²) in [6.07, 6.45) is 1.05. The van der Waals surface area contributed by atoms with Crippen molar-refractivity contribution in [1.82, 2.24) is 10.2 Å². The maximum absolute atomic E-state index is 12.2. The summed E-state index contributed by atoms with van der Waals surface area (Å²) in [5.41, 5.74) is 1.81. The summed E-state index contributed by atoms with van der Waals surface area (Å²) in [7, 11) is 0. The fourth-order valence-electron chi connectivity index (χ4n) is 3.38. The molecule has 1 aliphatic rings. The minimum Gasteiger partial charge on any atom is -0.351 e. The molecule has 1 aliphatic heterocycles. The summed E-state index contributed by atoms with van der Waals surface area (Å²) >= 11 is 1.82. The van der Waals surface area contributed by atoms with E-state index in [1.807, 2.05) is 11.3 Å². The number of thiophene rings is 1. The first-order valence-electron chi connectivity index (χ1n) is 8.32. The number of rotatable bonds is 5. The average molecular weight is 396 g/mol. The number of carbonyl (C=O) groups is 1. The molecule has 1 N–H and O–H groups in total. The second-order valence-electron chi connectivity index (χ2n) is 6.33. The number of amides is 1. The van der Waals surface area contributed by atoms with Crippen LogP contribution in [0.2, 0.25) is 0 Å². The molecule has 8 heteroatoms. The Kier molecular flexibility index (Phi) is 6.75. The molecular weight excluding hydrogens is 374 g/mol. The summed E-state index contributed by atoms with van der Waals surface area (Å²) < 4.78 is 0. The SMILES string of the molecule is C[C@@H]1Cc2sccc2[C@H](C)N1CCNC(=O)c1ccc([N+](=O)[O-])cc1.Cl. The van der Waals surface area contributed by atoms with Gasteiger partial charge < -0.3 is 5.32 Å². The molecule has 1 amide bonds. The molecule has 1 aromatic heterocycles. The standard InChI is InChI=1S/C18H21N3O3S.ClH/c1-12-11-17-16(7-10-25-17)13(2)20(12)9-8-19-18(22)14-3-5-15(6-4-14)21(23)24;/h3-7,10,12-13H,8-9,11H2,1-2H3,(H,19,22);1H/t12-,13+;/m1./s1. The van der Waals surface area contributed by atoms with Crippen molar-refractivity contribution in [3.8, 4) is 0 Å². The van der Waals surface area contributed by atoms with Crippen LogP contribution in [0.25, 0.3) is 0 Å². The largest absolute Gasteiger partial charge is 0.351 e. The van der Waals surface area contributed by atoms with E-state index in [2.05, 4.69) is 35.5 Å². The lowest BCUT2D eigenvalue weighted by molar-refractivity contribution is -0.384. The lowest BCUT2D eigenvalue weighted by atomic mass is 9.96. The number of benzene rings is 1. The molecule has 0 unspecified atom stereocenters. The van der Waals surface area contributed by atoms with E-state index in [9.17, 15) is 14.9 Å². The second-order valence-corrected chi connectivity index (χ2v) is 7.33. The van der Waals surface area contributed by atoms with E-state index in [1.54, 1.807) is 0 Å². The Morgan fingerprint density at radius 2 is 2.00 bits per heavy atom. The van der Waals surface area contributed by atoms with E-state index in [0.29, 0.717) is 24.2 Å². The van der Waals surface area contributed by atoms with Crippen LogP contribution in [0.15, 0.2) is 35.7 Å². The van der Waals surface area contributed by atoms with Crippen LogP contribution < -0.4 is 5.32 Å². The van der Waals surface area contributed by atoms with Crippen molar-refractivity contribution in [2.45, 2.75) is 32.4 Å². The van der Waals surface area contributed by atoms with Crippen molar-refractivity contribution in [3.63, 3.8) is 0 Å². The van der Waals surface area contributed by atoms with Crippen molar-refractivity contribution in [1.29, 1.82) is 0 Å². The highest BCUT2D eigenvalue weighted by Crippen LogP contribution is 2.35. The smallest absolute Gasteiger partial charge is 0.269 e. The Hall–Kier alpha value is -1.96. The molecule has 0 radical (unpaired) electrons. The molecule has 0 spiro atoms. The molecule has 2 aromatic rings. The normalized spacial score (nSPS) is 19.3. The first kappa shape index (κ1) is 20.4. The molecular formula is C18H22ClN3O3S. The molecule has 2 atom stereocenters. The van der Waals surface area contributed by atoms with Crippen LogP contribution in [0.3, 0.4) is 0 Å². The number of non-ortho nitro benzene ring substituents is 1. The Morgan fingerprint density at radius 3 is 2.65 bits per heavy atom. The summed E-state index contributed by atoms with van der Waals surface area (Å²) in [5.74, 6) is -0.205. The van der Waals surface area contributed by atoms with Crippen LogP contribution in [0.1, 0.15) is 40.7 Å². The zero-order valence-corrected chi connectivity index (χ0v) is 16.3. The summed E-state index contributed by atoms with van der Waals surface area (Å²) in [6, 6.07) is 8.65. The summed E-state index contributed by atoms with van der Waals surface area (Å²) in [4.78, 5) is 26.2. The van der Waals surface area contributed by atoms with Crippen molar-refractivity contribution >= 4 is 35.3 Å². The van der Waals surface area contributed by atoms with E-state index in [-0.39, 0.29) is 24.0 Å². The minimum absolute atomic E-state index is 0. The molecule has 2 heterocycles. The van der Waals surface area contributed by atoms with Gasteiger partial charge in [-0.25, -0.2) is 0 Å². The molecule has 6 nitrogen and oxygen atoms in total. The first-order chi connectivity index (χ1) is 12.0. The zero-order valence-electron chi connectivity index (χ0n) is 14.7. The molecule has 0 aliphatic carbocycles. The Morgan fingerprint density at radius 1 is 1.31 bits per heavy atom. The monoisotopic (exact) mass is 395 g/mol. The number of hydrogen-bond donors (Lipinski definition) is 1. The molecule has 0 bridgehead atoms. The molecule has 0 saturated carbocycles. The van der Waals surface area contributed by atoms with Gasteiger partial charge in [-0.05, 0) is 49.4 Å². The number of nitrogens with one attached hydrogen (secondary N) is 1. The van der Waals surface area contributed by atoms with Gasteiger partial charge in [0.1, 0.15) is 0 Å². The molecule has 3 rings (SSSR count). The fraction of sp³-hybridized carbons (Fsp3) is 0.389. The predicted octanol–water partition coefficient (Wildman–Crippen LogP) is 3.82. The molecule has 140 valence electrons. The van der Waals surface area contributed by atoms with Gasteiger partial charge in [-0.15, -0.1) is 23.7 Å². The maximum Gasteiger partial charge on any atom is 0.269 e. The molecule has 1 aromatic carbocycles. The summed E-state index contributed by atoms with van der Waals surface area (Å²) in [5, 5.41) is 15.7. The van der Waals surface area contributed by atoms with E-state index >= 15 is 0 Å². The topological polar surface area (TPSA) is 75.5 Å². The van der Waals surface area contributed by atoms with Crippen LogP contribution >= 0.6 is 23.7 Å². The van der Waals surface area contributed by atoms with E-state index in [1.165, 1.54) is 34.7 Å². The first-order valence-corrected chi connectivity index (χ1v) is 9.20. The Labute approximate surface area is 162 Å². The van der Waals surface area contributed by atoms with Crippen LogP contribution in [-0.2, 0) is 6.42 Å². The third-order valence-electron chi connectivity index (χ3n) is 4.77. The van der Waals surface area contributed by atoms with Gasteiger partial charge in [-0.3, -0.25) is 19.8 Å². The second kappa shape index (κ2) is 8.62.